The summed E-state index contributed by atoms with van der Waals surface area (Å²) in [6.07, 6.45) is -4.75. The van der Waals surface area contributed by atoms with Crippen molar-refractivity contribution in [3.8, 4) is 5.69 Å². The molecule has 0 spiro atoms. The van der Waals surface area contributed by atoms with Crippen LogP contribution in [0, 0.1) is 13.8 Å². The minimum absolute atomic E-state index is 0.0599. The average Bonchev–Trinajstić information content (AvgIpc) is 3.16. The molecular weight excluding hydrogens is 457 g/mol. The van der Waals surface area contributed by atoms with Gasteiger partial charge in [0.15, 0.2) is 0 Å². The van der Waals surface area contributed by atoms with Crippen LogP contribution in [0.2, 0.25) is 0 Å². The maximum atomic E-state index is 13.9. The zero-order chi connectivity index (χ0) is 25.3. The van der Waals surface area contributed by atoms with Crippen LogP contribution in [0.4, 0.5) is 13.2 Å². The molecule has 0 aliphatic rings. The van der Waals surface area contributed by atoms with E-state index in [-0.39, 0.29) is 22.6 Å². The summed E-state index contributed by atoms with van der Waals surface area (Å²) in [6, 6.07) is 16.9. The van der Waals surface area contributed by atoms with Gasteiger partial charge in [0.1, 0.15) is 12.2 Å². The Bertz CT molecular complexity index is 1420. The van der Waals surface area contributed by atoms with Gasteiger partial charge in [-0.15, -0.1) is 0 Å². The van der Waals surface area contributed by atoms with E-state index in [0.29, 0.717) is 24.8 Å². The molecule has 0 aliphatic carbocycles. The van der Waals surface area contributed by atoms with E-state index in [1.807, 2.05) is 44.2 Å². The predicted octanol–water partition coefficient (Wildman–Crippen LogP) is 4.87. The zero-order valence-corrected chi connectivity index (χ0v) is 19.6. The Hall–Kier alpha value is -3.88. The summed E-state index contributed by atoms with van der Waals surface area (Å²) in [4.78, 5) is 27.8. The van der Waals surface area contributed by atoms with Crippen molar-refractivity contribution < 1.29 is 18.0 Å². The first kappa shape index (κ1) is 24.3. The van der Waals surface area contributed by atoms with Gasteiger partial charge < -0.3 is 4.90 Å². The summed E-state index contributed by atoms with van der Waals surface area (Å²) in [7, 11) is 0. The molecule has 2 aromatic heterocycles. The van der Waals surface area contributed by atoms with Crippen molar-refractivity contribution in [1.82, 2.24) is 19.2 Å². The molecule has 0 aliphatic heterocycles. The van der Waals surface area contributed by atoms with E-state index in [1.54, 1.807) is 29.2 Å². The highest BCUT2D eigenvalue weighted by atomic mass is 19.4. The Morgan fingerprint density at radius 3 is 2.29 bits per heavy atom. The molecule has 0 N–H and O–H groups in total. The van der Waals surface area contributed by atoms with E-state index in [4.69, 9.17) is 0 Å². The molecule has 2 heterocycles. The Morgan fingerprint density at radius 2 is 1.69 bits per heavy atom. The number of amides is 1. The molecule has 0 radical (unpaired) electrons. The van der Waals surface area contributed by atoms with Gasteiger partial charge in [-0.05, 0) is 38.5 Å². The van der Waals surface area contributed by atoms with Gasteiger partial charge >= 0.3 is 6.18 Å². The predicted molar refractivity (Wildman–Crippen MR) is 127 cm³/mol. The van der Waals surface area contributed by atoms with Crippen molar-refractivity contribution in [2.24, 2.45) is 0 Å². The topological polar surface area (TPSA) is 60.1 Å². The highest BCUT2D eigenvalue weighted by Gasteiger charge is 2.36. The summed E-state index contributed by atoms with van der Waals surface area (Å²) >= 11 is 0. The van der Waals surface area contributed by atoms with E-state index in [2.05, 4.69) is 5.10 Å². The summed E-state index contributed by atoms with van der Waals surface area (Å²) in [6.45, 7) is 5.45. The van der Waals surface area contributed by atoms with Crippen LogP contribution in [0.15, 0.2) is 65.5 Å². The fourth-order valence-electron chi connectivity index (χ4n) is 4.12. The number of pyridine rings is 1. The molecule has 0 fully saturated rings. The zero-order valence-electron chi connectivity index (χ0n) is 19.6. The van der Waals surface area contributed by atoms with Gasteiger partial charge in [-0.1, -0.05) is 48.0 Å². The van der Waals surface area contributed by atoms with Crippen molar-refractivity contribution >= 4 is 16.9 Å². The quantitative estimate of drug-likeness (QED) is 0.394. The van der Waals surface area contributed by atoms with Gasteiger partial charge in [0, 0.05) is 19.2 Å². The molecular formula is C26H25F3N4O2. The Labute approximate surface area is 200 Å². The fourth-order valence-corrected chi connectivity index (χ4v) is 4.12. The lowest BCUT2D eigenvalue weighted by Gasteiger charge is -2.22. The third kappa shape index (κ3) is 4.84. The second kappa shape index (κ2) is 9.40. The van der Waals surface area contributed by atoms with E-state index in [1.165, 1.54) is 11.6 Å². The summed E-state index contributed by atoms with van der Waals surface area (Å²) < 4.78 is 44.1. The summed E-state index contributed by atoms with van der Waals surface area (Å²) in [5.74, 6) is -0.381. The molecule has 0 unspecified atom stereocenters. The smallest absolute Gasteiger partial charge is 0.337 e. The Balaban J connectivity index is 1.87. The molecule has 0 atom stereocenters. The molecule has 4 rings (SSSR count). The molecule has 0 saturated heterocycles. The number of rotatable bonds is 6. The van der Waals surface area contributed by atoms with Crippen LogP contribution in [0.1, 0.15) is 29.3 Å². The second-order valence-electron chi connectivity index (χ2n) is 8.41. The first-order valence-electron chi connectivity index (χ1n) is 11.2. The third-order valence-corrected chi connectivity index (χ3v) is 5.92. The number of halogens is 3. The Kier molecular flexibility index (Phi) is 6.51. The van der Waals surface area contributed by atoms with E-state index in [9.17, 15) is 22.8 Å². The first-order valence-corrected chi connectivity index (χ1v) is 11.2. The monoisotopic (exact) mass is 482 g/mol. The number of benzene rings is 2. The number of hydrogen-bond donors (Lipinski definition) is 0. The van der Waals surface area contributed by atoms with Crippen LogP contribution < -0.4 is 5.56 Å². The van der Waals surface area contributed by atoms with E-state index >= 15 is 0 Å². The lowest BCUT2D eigenvalue weighted by atomic mass is 10.1. The molecule has 0 bridgehead atoms. The normalized spacial score (nSPS) is 11.7. The van der Waals surface area contributed by atoms with E-state index in [0.717, 1.165) is 15.7 Å². The number of aryl methyl sites for hydroxylation is 2. The first-order chi connectivity index (χ1) is 16.6. The minimum atomic E-state index is -4.75. The lowest BCUT2D eigenvalue weighted by molar-refractivity contribution is -0.136. The maximum Gasteiger partial charge on any atom is 0.417 e. The van der Waals surface area contributed by atoms with Gasteiger partial charge in [-0.25, -0.2) is 4.68 Å². The largest absolute Gasteiger partial charge is 0.417 e. The lowest BCUT2D eigenvalue weighted by Crippen LogP contribution is -2.36. The standard InChI is InChI=1S/C26H25F3N4O2/c1-4-31(15-19-8-6-5-7-9-19)23(35)16-32-22(34)14-21(26(27,28)29)24-18(3)30-33(25(24)32)20-12-10-17(2)11-13-20/h5-14H,4,15-16H2,1-3H3. The minimum Gasteiger partial charge on any atom is -0.337 e. The number of likely N-dealkylation sites (N-methyl/N-ethyl adjacent to an activating group) is 1. The van der Waals surface area contributed by atoms with E-state index < -0.39 is 23.8 Å². The summed E-state index contributed by atoms with van der Waals surface area (Å²) in [5.41, 5.74) is 0.445. The average molecular weight is 483 g/mol. The number of aromatic nitrogens is 3. The van der Waals surface area contributed by atoms with Crippen LogP contribution in [-0.2, 0) is 24.1 Å². The Morgan fingerprint density at radius 1 is 1.03 bits per heavy atom. The molecule has 6 nitrogen and oxygen atoms in total. The molecule has 35 heavy (non-hydrogen) atoms. The number of nitrogens with zero attached hydrogens (tertiary/aromatic N) is 4. The highest BCUT2D eigenvalue weighted by Crippen LogP contribution is 2.36. The number of carbonyl (C=O) groups is 1. The van der Waals surface area contributed by atoms with Gasteiger partial charge in [0.25, 0.3) is 5.56 Å². The maximum absolute atomic E-state index is 13.9. The molecule has 1 amide bonds. The number of carbonyl (C=O) groups excluding carboxylic acids is 1. The van der Waals surface area contributed by atoms with Crippen molar-refractivity contribution in [2.45, 2.75) is 40.0 Å². The van der Waals surface area contributed by atoms with Crippen molar-refractivity contribution in [3.63, 3.8) is 0 Å². The van der Waals surface area contributed by atoms with Crippen LogP contribution in [-0.4, -0.2) is 31.7 Å². The summed E-state index contributed by atoms with van der Waals surface area (Å²) in [5, 5.41) is 4.14. The number of hydrogen-bond acceptors (Lipinski definition) is 3. The SMILES string of the molecule is CCN(Cc1ccccc1)C(=O)Cn1c(=O)cc(C(F)(F)F)c2c(C)nn(-c3ccc(C)cc3)c21. The fraction of sp³-hybridized carbons (Fsp3) is 0.269. The van der Waals surface area contributed by atoms with Crippen LogP contribution in [0.25, 0.3) is 16.7 Å². The van der Waals surface area contributed by atoms with Crippen LogP contribution >= 0.6 is 0 Å². The number of alkyl halides is 3. The van der Waals surface area contributed by atoms with Crippen LogP contribution in [0.5, 0.6) is 0 Å². The van der Waals surface area contributed by atoms with Crippen molar-refractivity contribution in [1.29, 1.82) is 0 Å². The second-order valence-corrected chi connectivity index (χ2v) is 8.41. The molecule has 0 saturated carbocycles. The third-order valence-electron chi connectivity index (χ3n) is 5.92. The van der Waals surface area contributed by atoms with Gasteiger partial charge in [-0.2, -0.15) is 18.3 Å². The molecule has 4 aromatic rings. The molecule has 9 heteroatoms. The molecule has 2 aromatic carbocycles. The highest BCUT2D eigenvalue weighted by molar-refractivity contribution is 5.86. The van der Waals surface area contributed by atoms with Crippen LogP contribution in [0.3, 0.4) is 0 Å². The van der Waals surface area contributed by atoms with Gasteiger partial charge in [0.05, 0.1) is 22.3 Å². The van der Waals surface area contributed by atoms with Gasteiger partial charge in [-0.3, -0.25) is 14.2 Å². The number of fused-ring (bicyclic) bond motifs is 1. The van der Waals surface area contributed by atoms with Crippen molar-refractivity contribution in [3.05, 3.63) is 93.4 Å². The molecule has 182 valence electrons. The van der Waals surface area contributed by atoms with Crippen molar-refractivity contribution in [2.75, 3.05) is 6.54 Å². The van der Waals surface area contributed by atoms with Gasteiger partial charge in [0.2, 0.25) is 5.91 Å².